The number of aryl methyl sites for hydroxylation is 1. The van der Waals surface area contributed by atoms with Crippen molar-refractivity contribution in [1.29, 1.82) is 0 Å². The van der Waals surface area contributed by atoms with Crippen LogP contribution >= 0.6 is 0 Å². The Balaban J connectivity index is 1.26. The Morgan fingerprint density at radius 2 is 1.61 bits per heavy atom. The monoisotopic (exact) mass is 555 g/mol. The molecule has 0 bridgehead atoms. The van der Waals surface area contributed by atoms with Gasteiger partial charge in [-0.25, -0.2) is 9.69 Å². The van der Waals surface area contributed by atoms with Crippen molar-refractivity contribution in [1.82, 2.24) is 14.8 Å². The van der Waals surface area contributed by atoms with E-state index in [1.807, 2.05) is 44.2 Å². The summed E-state index contributed by atoms with van der Waals surface area (Å²) in [5.41, 5.74) is 6.89. The maximum absolute atomic E-state index is 13.1. The highest BCUT2D eigenvalue weighted by Crippen LogP contribution is 2.27. The third-order valence-corrected chi connectivity index (χ3v) is 7.55. The Morgan fingerprint density at radius 3 is 2.24 bits per heavy atom. The summed E-state index contributed by atoms with van der Waals surface area (Å²) >= 11 is 0. The first-order chi connectivity index (χ1) is 19.5. The standard InChI is InChI=1S/C32H37N5O4/c1-21-18-23(22(2)37(21)27-10-6-24(7-11-27)32(3,4)5)19-28-30(39)36(31(40)34-28)20-29(38)33-25-8-12-26(13-9-25)35-14-16-41-17-15-35/h6-13,18-19H,14-17,20H2,1-5H3,(H,33,38)(H,34,40)/b28-19-. The predicted molar refractivity (Wildman–Crippen MR) is 160 cm³/mol. The maximum atomic E-state index is 13.1. The fourth-order valence-electron chi connectivity index (χ4n) is 5.23. The molecule has 9 nitrogen and oxygen atoms in total. The van der Waals surface area contributed by atoms with Crippen LogP contribution in [0.3, 0.4) is 0 Å². The number of anilines is 2. The summed E-state index contributed by atoms with van der Waals surface area (Å²) in [5.74, 6) is -0.988. The lowest BCUT2D eigenvalue weighted by Crippen LogP contribution is -2.38. The quantitative estimate of drug-likeness (QED) is 0.338. The predicted octanol–water partition coefficient (Wildman–Crippen LogP) is 4.76. The minimum atomic E-state index is -0.620. The SMILES string of the molecule is Cc1cc(/C=C2\NC(=O)N(CC(=O)Nc3ccc(N4CCOCC4)cc3)C2=O)c(C)n1-c1ccc(C(C)(C)C)cc1. The number of aromatic nitrogens is 1. The normalized spacial score (nSPS) is 16.9. The number of rotatable bonds is 6. The number of amides is 4. The van der Waals surface area contributed by atoms with Gasteiger partial charge in [-0.15, -0.1) is 0 Å². The summed E-state index contributed by atoms with van der Waals surface area (Å²) in [4.78, 5) is 41.6. The van der Waals surface area contributed by atoms with Crippen LogP contribution in [-0.2, 0) is 19.7 Å². The van der Waals surface area contributed by atoms with E-state index in [1.54, 1.807) is 6.08 Å². The molecule has 0 atom stereocenters. The van der Waals surface area contributed by atoms with Crippen molar-refractivity contribution in [3.05, 3.63) is 82.8 Å². The van der Waals surface area contributed by atoms with Crippen molar-refractivity contribution < 1.29 is 19.1 Å². The second kappa shape index (κ2) is 11.2. The molecule has 3 aromatic rings. The van der Waals surface area contributed by atoms with Gasteiger partial charge in [-0.2, -0.15) is 0 Å². The zero-order valence-electron chi connectivity index (χ0n) is 24.3. The van der Waals surface area contributed by atoms with E-state index < -0.39 is 17.8 Å². The molecule has 5 rings (SSSR count). The molecular weight excluding hydrogens is 518 g/mol. The van der Waals surface area contributed by atoms with Crippen molar-refractivity contribution >= 4 is 35.3 Å². The Bertz CT molecular complexity index is 1490. The van der Waals surface area contributed by atoms with E-state index in [9.17, 15) is 14.4 Å². The van der Waals surface area contributed by atoms with Crippen LogP contribution in [0.1, 0.15) is 43.3 Å². The molecule has 4 amide bonds. The third-order valence-electron chi connectivity index (χ3n) is 7.55. The average Bonchev–Trinajstić information content (AvgIpc) is 3.37. The second-order valence-corrected chi connectivity index (χ2v) is 11.5. The van der Waals surface area contributed by atoms with E-state index in [0.717, 1.165) is 46.3 Å². The number of urea groups is 1. The van der Waals surface area contributed by atoms with Gasteiger partial charge in [0.1, 0.15) is 12.2 Å². The summed E-state index contributed by atoms with van der Waals surface area (Å²) in [7, 11) is 0. The van der Waals surface area contributed by atoms with E-state index in [0.29, 0.717) is 18.9 Å². The van der Waals surface area contributed by atoms with Crippen LogP contribution < -0.4 is 15.5 Å². The molecule has 2 saturated heterocycles. The average molecular weight is 556 g/mol. The summed E-state index contributed by atoms with van der Waals surface area (Å²) in [6.45, 7) is 13.2. The summed E-state index contributed by atoms with van der Waals surface area (Å²) in [6.07, 6.45) is 1.67. The van der Waals surface area contributed by atoms with Gasteiger partial charge in [0.2, 0.25) is 5.91 Å². The zero-order valence-corrected chi connectivity index (χ0v) is 24.3. The van der Waals surface area contributed by atoms with Crippen molar-refractivity contribution in [2.75, 3.05) is 43.1 Å². The van der Waals surface area contributed by atoms with Crippen molar-refractivity contribution in [3.8, 4) is 5.69 Å². The molecule has 0 saturated carbocycles. The molecule has 2 aliphatic rings. The van der Waals surface area contributed by atoms with Gasteiger partial charge >= 0.3 is 6.03 Å². The van der Waals surface area contributed by atoms with Gasteiger partial charge in [-0.3, -0.25) is 9.59 Å². The smallest absolute Gasteiger partial charge is 0.329 e. The Hall–Kier alpha value is -4.37. The van der Waals surface area contributed by atoms with Gasteiger partial charge in [-0.1, -0.05) is 32.9 Å². The molecule has 2 aliphatic heterocycles. The first-order valence-corrected chi connectivity index (χ1v) is 13.9. The van der Waals surface area contributed by atoms with Crippen LogP contribution in [0.4, 0.5) is 16.2 Å². The third kappa shape index (κ3) is 6.05. The van der Waals surface area contributed by atoms with Crippen LogP contribution in [0, 0.1) is 13.8 Å². The van der Waals surface area contributed by atoms with Crippen molar-refractivity contribution in [2.24, 2.45) is 0 Å². The van der Waals surface area contributed by atoms with Crippen LogP contribution in [0.15, 0.2) is 60.3 Å². The lowest BCUT2D eigenvalue weighted by molar-refractivity contribution is -0.127. The highest BCUT2D eigenvalue weighted by atomic mass is 16.5. The minimum absolute atomic E-state index is 0.0619. The van der Waals surface area contributed by atoms with E-state index in [-0.39, 0.29) is 17.7 Å². The first kappa shape index (κ1) is 28.2. The molecule has 2 aromatic carbocycles. The minimum Gasteiger partial charge on any atom is -0.378 e. The van der Waals surface area contributed by atoms with Gasteiger partial charge in [-0.05, 0) is 78.9 Å². The molecule has 0 unspecified atom stereocenters. The Kier molecular flexibility index (Phi) is 7.73. The highest BCUT2D eigenvalue weighted by molar-refractivity contribution is 6.16. The van der Waals surface area contributed by atoms with Gasteiger partial charge in [0, 0.05) is 41.5 Å². The van der Waals surface area contributed by atoms with Crippen LogP contribution in [-0.4, -0.2) is 60.2 Å². The molecule has 3 heterocycles. The number of ether oxygens (including phenoxy) is 1. The largest absolute Gasteiger partial charge is 0.378 e. The molecule has 1 aromatic heterocycles. The summed E-state index contributed by atoms with van der Waals surface area (Å²) < 4.78 is 7.51. The number of hydrogen-bond acceptors (Lipinski definition) is 5. The maximum Gasteiger partial charge on any atom is 0.329 e. The zero-order chi connectivity index (χ0) is 29.3. The first-order valence-electron chi connectivity index (χ1n) is 13.9. The second-order valence-electron chi connectivity index (χ2n) is 11.5. The molecule has 0 radical (unpaired) electrons. The number of carbonyl (C=O) groups excluding carboxylic acids is 3. The van der Waals surface area contributed by atoms with Crippen LogP contribution in [0.5, 0.6) is 0 Å². The topological polar surface area (TPSA) is 95.9 Å². The number of morpholine rings is 1. The number of nitrogens with zero attached hydrogens (tertiary/aromatic N) is 3. The molecular formula is C32H37N5O4. The van der Waals surface area contributed by atoms with Gasteiger partial charge in [0.05, 0.1) is 13.2 Å². The van der Waals surface area contributed by atoms with Gasteiger partial charge in [0.25, 0.3) is 5.91 Å². The molecule has 2 fully saturated rings. The number of hydrogen-bond donors (Lipinski definition) is 2. The van der Waals surface area contributed by atoms with Gasteiger partial charge < -0.3 is 24.8 Å². The van der Waals surface area contributed by atoms with Crippen molar-refractivity contribution in [2.45, 2.75) is 40.0 Å². The fraction of sp³-hybridized carbons (Fsp3) is 0.344. The number of nitrogens with one attached hydrogen (secondary N) is 2. The Labute approximate surface area is 240 Å². The number of imide groups is 1. The number of carbonyl (C=O) groups is 3. The van der Waals surface area contributed by atoms with Gasteiger partial charge in [0.15, 0.2) is 0 Å². The molecule has 9 heteroatoms. The van der Waals surface area contributed by atoms with E-state index in [1.165, 1.54) is 5.56 Å². The van der Waals surface area contributed by atoms with E-state index in [2.05, 4.69) is 65.1 Å². The molecule has 0 aliphatic carbocycles. The number of benzene rings is 2. The Morgan fingerprint density at radius 1 is 0.976 bits per heavy atom. The molecule has 2 N–H and O–H groups in total. The van der Waals surface area contributed by atoms with E-state index in [4.69, 9.17) is 4.74 Å². The summed E-state index contributed by atoms with van der Waals surface area (Å²) in [5, 5.41) is 5.41. The summed E-state index contributed by atoms with van der Waals surface area (Å²) in [6, 6.07) is 17.3. The lowest BCUT2D eigenvalue weighted by Gasteiger charge is -2.28. The van der Waals surface area contributed by atoms with E-state index >= 15 is 0 Å². The lowest BCUT2D eigenvalue weighted by atomic mass is 9.87. The van der Waals surface area contributed by atoms with Crippen molar-refractivity contribution in [3.63, 3.8) is 0 Å². The van der Waals surface area contributed by atoms with Crippen LogP contribution in [0.2, 0.25) is 0 Å². The fourth-order valence-corrected chi connectivity index (χ4v) is 5.23. The van der Waals surface area contributed by atoms with Crippen LogP contribution in [0.25, 0.3) is 11.8 Å². The molecule has 214 valence electrons. The highest BCUT2D eigenvalue weighted by Gasteiger charge is 2.35. The molecule has 0 spiro atoms. The molecule has 41 heavy (non-hydrogen) atoms.